The smallest absolute Gasteiger partial charge is 0.252 e. The van der Waals surface area contributed by atoms with Crippen molar-refractivity contribution in [3.05, 3.63) is 46.3 Å². The van der Waals surface area contributed by atoms with E-state index in [2.05, 4.69) is 0 Å². The second kappa shape index (κ2) is 6.48. The maximum absolute atomic E-state index is 12.7. The van der Waals surface area contributed by atoms with Crippen molar-refractivity contribution in [3.63, 3.8) is 0 Å². The summed E-state index contributed by atoms with van der Waals surface area (Å²) in [4.78, 5) is 14.4. The second-order valence-electron chi connectivity index (χ2n) is 5.77. The van der Waals surface area contributed by atoms with E-state index in [1.807, 2.05) is 31.2 Å². The van der Waals surface area contributed by atoms with Crippen molar-refractivity contribution in [1.82, 2.24) is 4.31 Å². The highest BCUT2D eigenvalue weighted by molar-refractivity contribution is 7.91. The van der Waals surface area contributed by atoms with Crippen molar-refractivity contribution < 1.29 is 13.2 Å². The maximum Gasteiger partial charge on any atom is 0.252 e. The van der Waals surface area contributed by atoms with Crippen LogP contribution in [-0.4, -0.2) is 38.3 Å². The Morgan fingerprint density at radius 3 is 2.71 bits per heavy atom. The first kappa shape index (κ1) is 17.4. The first-order valence-electron chi connectivity index (χ1n) is 7.42. The molecule has 0 saturated heterocycles. The van der Waals surface area contributed by atoms with Crippen LogP contribution in [0.4, 0.5) is 5.69 Å². The van der Waals surface area contributed by atoms with Crippen LogP contribution in [0.15, 0.2) is 40.6 Å². The third kappa shape index (κ3) is 3.09. The number of para-hydroxylation sites is 1. The van der Waals surface area contributed by atoms with Gasteiger partial charge in [-0.3, -0.25) is 4.79 Å². The fourth-order valence-corrected chi connectivity index (χ4v) is 5.70. The lowest BCUT2D eigenvalue weighted by atomic mass is 10.1. The Morgan fingerprint density at radius 2 is 2.04 bits per heavy atom. The van der Waals surface area contributed by atoms with Crippen LogP contribution in [0, 0.1) is 0 Å². The number of hydrogen-bond donors (Lipinski definition) is 0. The normalized spacial score (nSPS) is 17.3. The fraction of sp³-hybridized carbons (Fsp3) is 0.312. The highest BCUT2D eigenvalue weighted by atomic mass is 35.5. The van der Waals surface area contributed by atoms with Crippen molar-refractivity contribution >= 4 is 44.6 Å². The Morgan fingerprint density at radius 1 is 1.33 bits per heavy atom. The summed E-state index contributed by atoms with van der Waals surface area (Å²) in [6, 6.07) is 10.7. The average molecular weight is 385 g/mol. The average Bonchev–Trinajstić information content (AvgIpc) is 3.09. The van der Waals surface area contributed by atoms with Crippen LogP contribution in [0.1, 0.15) is 12.5 Å². The summed E-state index contributed by atoms with van der Waals surface area (Å²) in [6.07, 6.45) is 0.777. The molecule has 0 unspecified atom stereocenters. The summed E-state index contributed by atoms with van der Waals surface area (Å²) in [5, 5.41) is 0. The van der Waals surface area contributed by atoms with E-state index in [-0.39, 0.29) is 22.7 Å². The van der Waals surface area contributed by atoms with E-state index in [4.69, 9.17) is 11.6 Å². The van der Waals surface area contributed by atoms with Gasteiger partial charge in [0.05, 0.1) is 10.9 Å². The molecule has 0 radical (unpaired) electrons. The van der Waals surface area contributed by atoms with E-state index in [0.29, 0.717) is 4.34 Å². The number of carbonyl (C=O) groups excluding carboxylic acids is 1. The van der Waals surface area contributed by atoms with Crippen LogP contribution in [0.5, 0.6) is 0 Å². The molecule has 2 heterocycles. The lowest BCUT2D eigenvalue weighted by Gasteiger charge is -2.25. The summed E-state index contributed by atoms with van der Waals surface area (Å²) in [5.74, 6) is -0.235. The highest BCUT2D eigenvalue weighted by Gasteiger charge is 2.33. The Hall–Kier alpha value is -1.41. The van der Waals surface area contributed by atoms with Crippen LogP contribution in [0.2, 0.25) is 4.34 Å². The molecule has 1 atom stereocenters. The molecule has 1 aromatic heterocycles. The van der Waals surface area contributed by atoms with Gasteiger partial charge in [0, 0.05) is 18.8 Å². The summed E-state index contributed by atoms with van der Waals surface area (Å²) >= 11 is 6.80. The minimum atomic E-state index is -3.72. The Balaban J connectivity index is 1.80. The number of sulfonamides is 1. The molecular weight excluding hydrogens is 368 g/mol. The van der Waals surface area contributed by atoms with Crippen LogP contribution in [-0.2, 0) is 21.2 Å². The number of fused-ring (bicyclic) bond motifs is 1. The van der Waals surface area contributed by atoms with E-state index in [1.165, 1.54) is 19.2 Å². The van der Waals surface area contributed by atoms with Gasteiger partial charge in [0.2, 0.25) is 5.91 Å². The lowest BCUT2D eigenvalue weighted by molar-refractivity contribution is -0.118. The standard InChI is InChI=1S/C16H17ClN2O3S2/c1-11-9-12-5-3-4-6-13(12)19(11)15(20)10-18(2)24(21,22)16-8-7-14(17)23-16/h3-8,11H,9-10H2,1-2H3/t11-/m1/s1. The van der Waals surface area contributed by atoms with Gasteiger partial charge in [-0.25, -0.2) is 8.42 Å². The van der Waals surface area contributed by atoms with Gasteiger partial charge in [0.1, 0.15) is 4.21 Å². The number of nitrogens with zero attached hydrogens (tertiary/aromatic N) is 2. The summed E-state index contributed by atoms with van der Waals surface area (Å²) in [5.41, 5.74) is 1.97. The van der Waals surface area contributed by atoms with Gasteiger partial charge in [0.25, 0.3) is 10.0 Å². The number of hydrogen-bond acceptors (Lipinski definition) is 4. The molecule has 1 aliphatic heterocycles. The van der Waals surface area contributed by atoms with Crippen LogP contribution in [0.3, 0.4) is 0 Å². The molecular formula is C16H17ClN2O3S2. The molecule has 5 nitrogen and oxygen atoms in total. The van der Waals surface area contributed by atoms with Gasteiger partial charge < -0.3 is 4.90 Å². The molecule has 0 fully saturated rings. The van der Waals surface area contributed by atoms with Crippen molar-refractivity contribution in [2.45, 2.75) is 23.6 Å². The number of thiophene rings is 1. The third-order valence-corrected chi connectivity index (χ3v) is 7.55. The summed E-state index contributed by atoms with van der Waals surface area (Å²) in [6.45, 7) is 1.75. The molecule has 2 aromatic rings. The van der Waals surface area contributed by atoms with Gasteiger partial charge in [-0.15, -0.1) is 11.3 Å². The van der Waals surface area contributed by atoms with Crippen LogP contribution < -0.4 is 4.90 Å². The number of anilines is 1. The first-order valence-corrected chi connectivity index (χ1v) is 10.1. The van der Waals surface area contributed by atoms with Gasteiger partial charge in [0.15, 0.2) is 0 Å². The van der Waals surface area contributed by atoms with Gasteiger partial charge in [-0.2, -0.15) is 4.31 Å². The molecule has 0 saturated carbocycles. The monoisotopic (exact) mass is 384 g/mol. The van der Waals surface area contributed by atoms with Gasteiger partial charge in [-0.05, 0) is 37.1 Å². The number of amides is 1. The van der Waals surface area contributed by atoms with Gasteiger partial charge >= 0.3 is 0 Å². The van der Waals surface area contributed by atoms with Crippen molar-refractivity contribution in [1.29, 1.82) is 0 Å². The molecule has 1 aromatic carbocycles. The molecule has 0 N–H and O–H groups in total. The Labute approximate surface area is 150 Å². The molecule has 0 spiro atoms. The van der Waals surface area contributed by atoms with E-state index in [1.54, 1.807) is 4.90 Å². The van der Waals surface area contributed by atoms with Gasteiger partial charge in [-0.1, -0.05) is 29.8 Å². The summed E-state index contributed by atoms with van der Waals surface area (Å²) in [7, 11) is -2.31. The minimum Gasteiger partial charge on any atom is -0.308 e. The number of carbonyl (C=O) groups is 1. The van der Waals surface area contributed by atoms with Crippen molar-refractivity contribution in [2.75, 3.05) is 18.5 Å². The molecule has 3 rings (SSSR count). The predicted octanol–water partition coefficient (Wildman–Crippen LogP) is 3.00. The molecule has 0 bridgehead atoms. The molecule has 0 aliphatic carbocycles. The maximum atomic E-state index is 12.7. The number of rotatable bonds is 4. The minimum absolute atomic E-state index is 0.0159. The number of benzene rings is 1. The Kier molecular flexibility index (Phi) is 4.70. The quantitative estimate of drug-likeness (QED) is 0.814. The molecule has 8 heteroatoms. The van der Waals surface area contributed by atoms with E-state index >= 15 is 0 Å². The third-order valence-electron chi connectivity index (χ3n) is 4.05. The molecule has 24 heavy (non-hydrogen) atoms. The first-order chi connectivity index (χ1) is 11.3. The fourth-order valence-electron chi connectivity index (χ4n) is 2.89. The molecule has 1 aliphatic rings. The zero-order valence-corrected chi connectivity index (χ0v) is 15.7. The zero-order chi connectivity index (χ0) is 17.5. The molecule has 128 valence electrons. The zero-order valence-electron chi connectivity index (χ0n) is 13.3. The van der Waals surface area contributed by atoms with Crippen LogP contribution >= 0.6 is 22.9 Å². The molecule has 1 amide bonds. The number of halogens is 1. The SMILES string of the molecule is C[C@@H]1Cc2ccccc2N1C(=O)CN(C)S(=O)(=O)c1ccc(Cl)s1. The predicted molar refractivity (Wildman–Crippen MR) is 96.2 cm³/mol. The topological polar surface area (TPSA) is 57.7 Å². The highest BCUT2D eigenvalue weighted by Crippen LogP contribution is 2.32. The van der Waals surface area contributed by atoms with E-state index in [9.17, 15) is 13.2 Å². The van der Waals surface area contributed by atoms with Crippen molar-refractivity contribution in [2.24, 2.45) is 0 Å². The largest absolute Gasteiger partial charge is 0.308 e. The van der Waals surface area contributed by atoms with Crippen molar-refractivity contribution in [3.8, 4) is 0 Å². The Bertz CT molecular complexity index is 879. The van der Waals surface area contributed by atoms with E-state index in [0.717, 1.165) is 33.3 Å². The van der Waals surface area contributed by atoms with Crippen LogP contribution in [0.25, 0.3) is 0 Å². The number of likely N-dealkylation sites (N-methyl/N-ethyl adjacent to an activating group) is 1. The lowest BCUT2D eigenvalue weighted by Crippen LogP contribution is -2.43. The second-order valence-corrected chi connectivity index (χ2v) is 9.75. The summed E-state index contributed by atoms with van der Waals surface area (Å²) < 4.78 is 26.7. The van der Waals surface area contributed by atoms with E-state index < -0.39 is 10.0 Å².